The van der Waals surface area contributed by atoms with E-state index in [-0.39, 0.29) is 5.56 Å². The van der Waals surface area contributed by atoms with Gasteiger partial charge >= 0.3 is 0 Å². The maximum atomic E-state index is 14.3. The molecule has 1 N–H and O–H groups in total. The molecule has 3 aromatic rings. The third kappa shape index (κ3) is 3.70. The van der Waals surface area contributed by atoms with Crippen LogP contribution in [0.15, 0.2) is 53.8 Å². The number of fused-ring (bicyclic) bond motifs is 1. The monoisotopic (exact) mass is 419 g/mol. The number of aromatic nitrogens is 2. The van der Waals surface area contributed by atoms with Gasteiger partial charge in [-0.2, -0.15) is 0 Å². The summed E-state index contributed by atoms with van der Waals surface area (Å²) in [6, 6.07) is 9.75. The summed E-state index contributed by atoms with van der Waals surface area (Å²) in [4.78, 5) is 16.1. The minimum absolute atomic E-state index is 0.0259. The fourth-order valence-corrected chi connectivity index (χ4v) is 4.35. The summed E-state index contributed by atoms with van der Waals surface area (Å²) in [5.74, 6) is -0.361. The van der Waals surface area contributed by atoms with Crippen molar-refractivity contribution < 1.29 is 8.78 Å². The maximum Gasteiger partial charge on any atom is 0.147 e. The van der Waals surface area contributed by atoms with Crippen molar-refractivity contribution in [2.75, 3.05) is 25.0 Å². The number of aliphatic imine (C=N–C) groups is 1. The van der Waals surface area contributed by atoms with Crippen molar-refractivity contribution in [1.82, 2.24) is 15.3 Å². The van der Waals surface area contributed by atoms with Crippen molar-refractivity contribution in [1.29, 1.82) is 0 Å². The lowest BCUT2D eigenvalue weighted by Gasteiger charge is -2.32. The van der Waals surface area contributed by atoms with Gasteiger partial charge in [0.2, 0.25) is 0 Å². The lowest BCUT2D eigenvalue weighted by molar-refractivity contribution is 0.441. The number of anilines is 1. The van der Waals surface area contributed by atoms with Crippen molar-refractivity contribution in [2.45, 2.75) is 25.4 Å². The Hall–Kier alpha value is -3.19. The van der Waals surface area contributed by atoms with Crippen molar-refractivity contribution in [3.05, 3.63) is 77.2 Å². The molecule has 2 aliphatic rings. The molecule has 2 aliphatic heterocycles. The lowest BCUT2D eigenvalue weighted by atomic mass is 9.96. The van der Waals surface area contributed by atoms with E-state index < -0.39 is 11.6 Å². The zero-order chi connectivity index (χ0) is 21.4. The number of nitrogens with zero attached hydrogens (tertiary/aromatic N) is 4. The van der Waals surface area contributed by atoms with Crippen LogP contribution >= 0.6 is 0 Å². The second-order valence-corrected chi connectivity index (χ2v) is 7.99. The van der Waals surface area contributed by atoms with Gasteiger partial charge in [0.25, 0.3) is 0 Å². The van der Waals surface area contributed by atoms with Crippen LogP contribution in [0.2, 0.25) is 0 Å². The SMILES string of the molecule is CN(c1cncc(C2=NCc3ccc(-c4c(F)cccc4F)cc32)n1)C1CCNCC1. The van der Waals surface area contributed by atoms with Gasteiger partial charge in [-0.15, -0.1) is 0 Å². The highest BCUT2D eigenvalue weighted by Crippen LogP contribution is 2.31. The molecule has 1 fully saturated rings. The third-order valence-corrected chi connectivity index (χ3v) is 6.11. The van der Waals surface area contributed by atoms with Gasteiger partial charge in [0.15, 0.2) is 0 Å². The van der Waals surface area contributed by atoms with E-state index >= 15 is 0 Å². The molecule has 5 rings (SSSR count). The molecular weight excluding hydrogens is 396 g/mol. The Morgan fingerprint density at radius 1 is 1.03 bits per heavy atom. The molecule has 0 spiro atoms. The maximum absolute atomic E-state index is 14.3. The topological polar surface area (TPSA) is 53.4 Å². The van der Waals surface area contributed by atoms with Crippen molar-refractivity contribution in [3.63, 3.8) is 0 Å². The summed E-state index contributed by atoms with van der Waals surface area (Å²) in [7, 11) is 2.05. The highest BCUT2D eigenvalue weighted by atomic mass is 19.1. The van der Waals surface area contributed by atoms with E-state index in [4.69, 9.17) is 4.98 Å². The summed E-state index contributed by atoms with van der Waals surface area (Å²) in [5.41, 5.74) is 3.69. The summed E-state index contributed by atoms with van der Waals surface area (Å²) < 4.78 is 28.6. The van der Waals surface area contributed by atoms with Crippen LogP contribution in [0.4, 0.5) is 14.6 Å². The molecule has 0 atom stereocenters. The second-order valence-electron chi connectivity index (χ2n) is 7.99. The second kappa shape index (κ2) is 8.15. The van der Waals surface area contributed by atoms with Crippen LogP contribution in [-0.4, -0.2) is 41.9 Å². The van der Waals surface area contributed by atoms with Crippen molar-refractivity contribution in [3.8, 4) is 11.1 Å². The molecule has 0 radical (unpaired) electrons. The Bertz CT molecular complexity index is 1130. The molecule has 5 nitrogen and oxygen atoms in total. The fraction of sp³-hybridized carbons (Fsp3) is 0.292. The van der Waals surface area contributed by atoms with Crippen LogP contribution in [0.25, 0.3) is 11.1 Å². The molecule has 31 heavy (non-hydrogen) atoms. The van der Waals surface area contributed by atoms with Gasteiger partial charge in [0, 0.05) is 18.7 Å². The molecule has 7 heteroatoms. The molecule has 0 saturated carbocycles. The van der Waals surface area contributed by atoms with Gasteiger partial charge in [0.1, 0.15) is 23.1 Å². The van der Waals surface area contributed by atoms with E-state index in [1.165, 1.54) is 18.2 Å². The Balaban J connectivity index is 1.49. The predicted octanol–water partition coefficient (Wildman–Crippen LogP) is 3.96. The number of benzene rings is 2. The van der Waals surface area contributed by atoms with Gasteiger partial charge in [-0.3, -0.25) is 9.98 Å². The molecule has 0 amide bonds. The first-order valence-electron chi connectivity index (χ1n) is 10.5. The van der Waals surface area contributed by atoms with E-state index in [0.29, 0.717) is 29.6 Å². The molecule has 158 valence electrons. The van der Waals surface area contributed by atoms with Crippen LogP contribution in [0.1, 0.15) is 29.7 Å². The highest BCUT2D eigenvalue weighted by molar-refractivity contribution is 6.14. The Kier molecular flexibility index (Phi) is 5.19. The smallest absolute Gasteiger partial charge is 0.147 e. The van der Waals surface area contributed by atoms with Crippen LogP contribution in [0.5, 0.6) is 0 Å². The molecule has 1 aromatic heterocycles. The largest absolute Gasteiger partial charge is 0.355 e. The minimum Gasteiger partial charge on any atom is -0.355 e. The van der Waals surface area contributed by atoms with Crippen LogP contribution in [0.3, 0.4) is 0 Å². The van der Waals surface area contributed by atoms with E-state index in [1.54, 1.807) is 24.5 Å². The fourth-order valence-electron chi connectivity index (χ4n) is 4.35. The molecule has 3 heterocycles. The van der Waals surface area contributed by atoms with Crippen LogP contribution in [-0.2, 0) is 6.54 Å². The summed E-state index contributed by atoms with van der Waals surface area (Å²) in [5, 5.41) is 3.38. The van der Waals surface area contributed by atoms with E-state index in [1.807, 2.05) is 13.1 Å². The Morgan fingerprint density at radius 2 is 1.81 bits per heavy atom. The van der Waals surface area contributed by atoms with Gasteiger partial charge in [-0.05, 0) is 55.3 Å². The van der Waals surface area contributed by atoms with Crippen molar-refractivity contribution >= 4 is 11.5 Å². The molecule has 0 unspecified atom stereocenters. The average molecular weight is 419 g/mol. The molecular formula is C24H23F2N5. The first kappa shape index (κ1) is 19.8. The molecule has 2 aromatic carbocycles. The minimum atomic E-state index is -0.582. The number of hydrogen-bond acceptors (Lipinski definition) is 5. The first-order valence-corrected chi connectivity index (χ1v) is 10.5. The standard InChI is InChI=1S/C24H23F2N5/c1-31(17-7-9-27-10-8-17)22-14-28-13-21(30-22)24-18-11-15(5-6-16(18)12-29-24)23-19(25)3-2-4-20(23)26/h2-6,11,13-14,17,27H,7-10,12H2,1H3. The van der Waals surface area contributed by atoms with Crippen LogP contribution in [0, 0.1) is 11.6 Å². The molecule has 1 saturated heterocycles. The van der Waals surface area contributed by atoms with E-state index in [9.17, 15) is 8.78 Å². The number of rotatable bonds is 4. The Labute approximate surface area is 179 Å². The molecule has 0 bridgehead atoms. The van der Waals surface area contributed by atoms with Gasteiger partial charge < -0.3 is 10.2 Å². The summed E-state index contributed by atoms with van der Waals surface area (Å²) >= 11 is 0. The van der Waals surface area contributed by atoms with E-state index in [0.717, 1.165) is 42.9 Å². The number of hydrogen-bond donors (Lipinski definition) is 1. The first-order chi connectivity index (χ1) is 15.1. The summed E-state index contributed by atoms with van der Waals surface area (Å²) in [6.45, 7) is 2.51. The number of piperidine rings is 1. The highest BCUT2D eigenvalue weighted by Gasteiger charge is 2.23. The van der Waals surface area contributed by atoms with Crippen molar-refractivity contribution in [2.24, 2.45) is 4.99 Å². The number of nitrogens with one attached hydrogen (secondary N) is 1. The quantitative estimate of drug-likeness (QED) is 0.696. The zero-order valence-corrected chi connectivity index (χ0v) is 17.3. The average Bonchev–Trinajstić information content (AvgIpc) is 3.22. The van der Waals surface area contributed by atoms with Gasteiger partial charge in [-0.1, -0.05) is 18.2 Å². The van der Waals surface area contributed by atoms with Gasteiger partial charge in [0.05, 0.1) is 30.2 Å². The Morgan fingerprint density at radius 3 is 2.58 bits per heavy atom. The van der Waals surface area contributed by atoms with Crippen LogP contribution < -0.4 is 10.2 Å². The summed E-state index contributed by atoms with van der Waals surface area (Å²) in [6.07, 6.45) is 5.59. The lowest BCUT2D eigenvalue weighted by Crippen LogP contribution is -2.41. The number of halogens is 2. The molecule has 0 aliphatic carbocycles. The third-order valence-electron chi connectivity index (χ3n) is 6.11. The predicted molar refractivity (Wildman–Crippen MR) is 117 cm³/mol. The van der Waals surface area contributed by atoms with E-state index in [2.05, 4.69) is 20.2 Å². The normalized spacial score (nSPS) is 16.2. The zero-order valence-electron chi connectivity index (χ0n) is 17.3. The van der Waals surface area contributed by atoms with Gasteiger partial charge in [-0.25, -0.2) is 13.8 Å².